The quantitative estimate of drug-likeness (QED) is 0.442. The molecule has 29 heavy (non-hydrogen) atoms. The minimum atomic E-state index is -1.16. The van der Waals surface area contributed by atoms with Crippen LogP contribution in [-0.2, 0) is 11.5 Å². The predicted octanol–water partition coefficient (Wildman–Crippen LogP) is 3.71. The number of aryl methyl sites for hydroxylation is 1. The van der Waals surface area contributed by atoms with E-state index in [0.717, 1.165) is 22.6 Å². The first kappa shape index (κ1) is 21.1. The Kier molecular flexibility index (Phi) is 6.09. The number of ether oxygens (including phenoxy) is 3. The fourth-order valence-electron chi connectivity index (χ4n) is 3.07. The fourth-order valence-corrected chi connectivity index (χ4v) is 3.82. The van der Waals surface area contributed by atoms with Gasteiger partial charge in [-0.1, -0.05) is 19.6 Å². The van der Waals surface area contributed by atoms with Crippen molar-refractivity contribution in [2.45, 2.75) is 39.3 Å². The normalized spacial score (nSPS) is 11.8. The van der Waals surface area contributed by atoms with Gasteiger partial charge in [-0.15, -0.1) is 0 Å². The molecule has 0 aromatic carbocycles. The standard InChI is InChI=1S/C20H29N5O3Si/c1-13-22-19(26-2)17(20(23-13)27-3)15-11-25(12-28-9-10-29(4,5)6)18-14(15)7-8-16(21)24-18/h7-8,11H,9-10,12H2,1-6H3,(H2,21,24). The van der Waals surface area contributed by atoms with Crippen molar-refractivity contribution >= 4 is 24.9 Å². The second kappa shape index (κ2) is 8.38. The number of rotatable bonds is 8. The largest absolute Gasteiger partial charge is 0.480 e. The van der Waals surface area contributed by atoms with Crippen molar-refractivity contribution in [1.82, 2.24) is 19.5 Å². The van der Waals surface area contributed by atoms with Gasteiger partial charge in [0, 0.05) is 31.8 Å². The minimum absolute atomic E-state index is 0.384. The molecule has 0 amide bonds. The van der Waals surface area contributed by atoms with Gasteiger partial charge in [0.15, 0.2) is 0 Å². The number of pyridine rings is 1. The van der Waals surface area contributed by atoms with Crippen molar-refractivity contribution in [2.24, 2.45) is 0 Å². The van der Waals surface area contributed by atoms with Crippen molar-refractivity contribution < 1.29 is 14.2 Å². The van der Waals surface area contributed by atoms with Crippen LogP contribution in [-0.4, -0.2) is 48.4 Å². The lowest BCUT2D eigenvalue weighted by atomic mass is 10.1. The first-order valence-corrected chi connectivity index (χ1v) is 13.2. The van der Waals surface area contributed by atoms with E-state index in [4.69, 9.17) is 19.9 Å². The highest BCUT2D eigenvalue weighted by atomic mass is 28.3. The Morgan fingerprint density at radius 1 is 1.03 bits per heavy atom. The van der Waals surface area contributed by atoms with Gasteiger partial charge < -0.3 is 24.5 Å². The summed E-state index contributed by atoms with van der Waals surface area (Å²) in [6.07, 6.45) is 1.96. The molecule has 0 aliphatic heterocycles. The molecule has 0 aliphatic rings. The van der Waals surface area contributed by atoms with Crippen LogP contribution in [0.15, 0.2) is 18.3 Å². The third-order valence-corrected chi connectivity index (χ3v) is 6.29. The van der Waals surface area contributed by atoms with E-state index in [1.165, 1.54) is 0 Å². The summed E-state index contributed by atoms with van der Waals surface area (Å²) in [5.41, 5.74) is 8.22. The molecule has 0 bridgehead atoms. The van der Waals surface area contributed by atoms with E-state index in [-0.39, 0.29) is 0 Å². The maximum atomic E-state index is 5.95. The van der Waals surface area contributed by atoms with Crippen LogP contribution in [0.5, 0.6) is 11.8 Å². The van der Waals surface area contributed by atoms with Crippen LogP contribution >= 0.6 is 0 Å². The Balaban J connectivity index is 2.06. The fraction of sp³-hybridized carbons (Fsp3) is 0.450. The van der Waals surface area contributed by atoms with Gasteiger partial charge in [0.05, 0.1) is 14.2 Å². The van der Waals surface area contributed by atoms with Crippen LogP contribution in [0.3, 0.4) is 0 Å². The molecule has 2 N–H and O–H groups in total. The number of aromatic nitrogens is 4. The zero-order valence-corrected chi connectivity index (χ0v) is 18.9. The van der Waals surface area contributed by atoms with Gasteiger partial charge in [-0.05, 0) is 25.1 Å². The number of methoxy groups -OCH3 is 2. The molecular formula is C20H29N5O3Si. The Morgan fingerprint density at radius 3 is 2.28 bits per heavy atom. The summed E-state index contributed by atoms with van der Waals surface area (Å²) in [4.78, 5) is 13.4. The van der Waals surface area contributed by atoms with Gasteiger partial charge in [0.2, 0.25) is 11.8 Å². The van der Waals surface area contributed by atoms with Crippen LogP contribution in [0.1, 0.15) is 5.82 Å². The van der Waals surface area contributed by atoms with E-state index < -0.39 is 8.07 Å². The van der Waals surface area contributed by atoms with E-state index in [0.29, 0.717) is 42.3 Å². The Hall–Kier alpha value is -2.65. The third kappa shape index (κ3) is 4.68. The van der Waals surface area contributed by atoms with Gasteiger partial charge in [0.1, 0.15) is 29.6 Å². The van der Waals surface area contributed by atoms with Crippen molar-refractivity contribution in [2.75, 3.05) is 26.6 Å². The summed E-state index contributed by atoms with van der Waals surface area (Å²) < 4.78 is 19.0. The van der Waals surface area contributed by atoms with Crippen LogP contribution in [0, 0.1) is 6.92 Å². The van der Waals surface area contributed by atoms with Crippen LogP contribution in [0.2, 0.25) is 25.7 Å². The number of nitrogens with two attached hydrogens (primary N) is 1. The highest BCUT2D eigenvalue weighted by Gasteiger charge is 2.22. The molecule has 3 heterocycles. The van der Waals surface area contributed by atoms with Gasteiger partial charge >= 0.3 is 0 Å². The van der Waals surface area contributed by atoms with Crippen molar-refractivity contribution in [3.63, 3.8) is 0 Å². The first-order chi connectivity index (χ1) is 13.7. The third-order valence-electron chi connectivity index (χ3n) is 4.58. The van der Waals surface area contributed by atoms with E-state index in [2.05, 4.69) is 34.6 Å². The highest BCUT2D eigenvalue weighted by molar-refractivity contribution is 6.76. The van der Waals surface area contributed by atoms with E-state index in [9.17, 15) is 0 Å². The van der Waals surface area contributed by atoms with Crippen LogP contribution in [0.25, 0.3) is 22.2 Å². The molecule has 0 radical (unpaired) electrons. The SMILES string of the molecule is COc1nc(C)nc(OC)c1-c1cn(COCC[Si](C)(C)C)c2nc(N)ccc12. The molecule has 3 aromatic rings. The lowest BCUT2D eigenvalue weighted by Crippen LogP contribution is -2.22. The van der Waals surface area contributed by atoms with Crippen LogP contribution < -0.4 is 15.2 Å². The molecule has 0 aliphatic carbocycles. The molecule has 0 spiro atoms. The summed E-state index contributed by atoms with van der Waals surface area (Å²) in [7, 11) is 2.01. The summed E-state index contributed by atoms with van der Waals surface area (Å²) >= 11 is 0. The second-order valence-corrected chi connectivity index (χ2v) is 13.8. The predicted molar refractivity (Wildman–Crippen MR) is 117 cm³/mol. The molecule has 3 rings (SSSR count). The maximum Gasteiger partial charge on any atom is 0.228 e. The average Bonchev–Trinajstić information content (AvgIpc) is 3.01. The molecule has 156 valence electrons. The van der Waals surface area contributed by atoms with Crippen molar-refractivity contribution in [1.29, 1.82) is 0 Å². The van der Waals surface area contributed by atoms with Crippen molar-refractivity contribution in [3.8, 4) is 22.9 Å². The molecule has 0 saturated heterocycles. The minimum Gasteiger partial charge on any atom is -0.480 e. The number of anilines is 1. The number of nitrogen functional groups attached to an aromatic ring is 1. The Bertz CT molecular complexity index is 988. The lowest BCUT2D eigenvalue weighted by Gasteiger charge is -2.15. The zero-order valence-electron chi connectivity index (χ0n) is 17.9. The topological polar surface area (TPSA) is 97.3 Å². The number of hydrogen-bond donors (Lipinski definition) is 1. The molecular weight excluding hydrogens is 386 g/mol. The molecule has 9 heteroatoms. The molecule has 3 aromatic heterocycles. The smallest absolute Gasteiger partial charge is 0.228 e. The van der Waals surface area contributed by atoms with Gasteiger partial charge in [-0.3, -0.25) is 0 Å². The molecule has 0 unspecified atom stereocenters. The van der Waals surface area contributed by atoms with Gasteiger partial charge in [0.25, 0.3) is 0 Å². The average molecular weight is 416 g/mol. The summed E-state index contributed by atoms with van der Waals surface area (Å²) in [5, 5.41) is 0.900. The van der Waals surface area contributed by atoms with E-state index in [1.54, 1.807) is 27.2 Å². The summed E-state index contributed by atoms with van der Waals surface area (Å²) in [6.45, 7) is 9.89. The number of hydrogen-bond acceptors (Lipinski definition) is 7. The Morgan fingerprint density at radius 2 is 1.69 bits per heavy atom. The van der Waals surface area contributed by atoms with Crippen molar-refractivity contribution in [3.05, 3.63) is 24.2 Å². The van der Waals surface area contributed by atoms with E-state index in [1.807, 2.05) is 16.8 Å². The Labute approximate surface area is 172 Å². The second-order valence-electron chi connectivity index (χ2n) is 8.13. The van der Waals surface area contributed by atoms with Gasteiger partial charge in [-0.2, -0.15) is 9.97 Å². The lowest BCUT2D eigenvalue weighted by molar-refractivity contribution is 0.0899. The monoisotopic (exact) mass is 415 g/mol. The maximum absolute atomic E-state index is 5.95. The zero-order chi connectivity index (χ0) is 21.2. The van der Waals surface area contributed by atoms with Crippen LogP contribution in [0.4, 0.5) is 5.82 Å². The first-order valence-electron chi connectivity index (χ1n) is 9.53. The molecule has 8 nitrogen and oxygen atoms in total. The molecule has 0 saturated carbocycles. The highest BCUT2D eigenvalue weighted by Crippen LogP contribution is 2.40. The van der Waals surface area contributed by atoms with Gasteiger partial charge in [-0.25, -0.2) is 4.98 Å². The number of fused-ring (bicyclic) bond motifs is 1. The summed E-state index contributed by atoms with van der Waals surface area (Å²) in [5.74, 6) is 1.92. The summed E-state index contributed by atoms with van der Waals surface area (Å²) in [6, 6.07) is 4.81. The molecule has 0 fully saturated rings. The number of nitrogens with zero attached hydrogens (tertiary/aromatic N) is 4. The van der Waals surface area contributed by atoms with E-state index >= 15 is 0 Å². The molecule has 0 atom stereocenters.